The van der Waals surface area contributed by atoms with Crippen molar-refractivity contribution in [3.05, 3.63) is 36.3 Å². The fourth-order valence-electron chi connectivity index (χ4n) is 5.85. The molecule has 0 bridgehead atoms. The number of H-pyrrole nitrogens is 1. The van der Waals surface area contributed by atoms with Crippen LogP contribution < -0.4 is 5.14 Å². The Kier molecular flexibility index (Phi) is 6.38. The van der Waals surface area contributed by atoms with Gasteiger partial charge in [-0.05, 0) is 74.6 Å². The normalized spacial score (nSPS) is 25.1. The number of hydrogen-bond donors (Lipinski definition) is 2. The quantitative estimate of drug-likeness (QED) is 0.525. The van der Waals surface area contributed by atoms with Gasteiger partial charge in [0.1, 0.15) is 11.5 Å². The molecule has 0 spiro atoms. The summed E-state index contributed by atoms with van der Waals surface area (Å²) in [6, 6.07) is 4.08. The number of sulfonamides is 1. The minimum atomic E-state index is -3.56. The van der Waals surface area contributed by atoms with Crippen LogP contribution in [0.4, 0.5) is 0 Å². The molecule has 5 rings (SSSR count). The molecule has 1 aliphatic carbocycles. The second-order valence-electron chi connectivity index (χ2n) is 9.84. The summed E-state index contributed by atoms with van der Waals surface area (Å²) < 4.78 is 49.4. The standard InChI is InChI=1S/C23H31N5O4S2/c24-34(31,32)14-16-2-1-11-28(13-16)15-33(29,30)18-5-3-17(4-6-18)19-7-9-25-21-12-27-23-20(22(19)21)8-10-26-23/h7-10,12,16-18H,1-6,11,13-15H2,(H,26,27)(H2,24,31,32). The first kappa shape index (κ1) is 23.7. The average Bonchev–Trinajstić information content (AvgIpc) is 3.27. The zero-order valence-corrected chi connectivity index (χ0v) is 20.7. The molecule has 184 valence electrons. The van der Waals surface area contributed by atoms with Gasteiger partial charge in [-0.15, -0.1) is 0 Å². The molecular formula is C23H31N5O4S2. The number of nitrogens with one attached hydrogen (secondary N) is 1. The van der Waals surface area contributed by atoms with Crippen LogP contribution in [0, 0.1) is 5.92 Å². The van der Waals surface area contributed by atoms with E-state index in [1.165, 1.54) is 5.56 Å². The van der Waals surface area contributed by atoms with Crippen LogP contribution >= 0.6 is 0 Å². The molecule has 3 aromatic heterocycles. The van der Waals surface area contributed by atoms with Gasteiger partial charge in [0.15, 0.2) is 9.84 Å². The Morgan fingerprint density at radius 3 is 2.62 bits per heavy atom. The van der Waals surface area contributed by atoms with Gasteiger partial charge in [-0.25, -0.2) is 27.0 Å². The lowest BCUT2D eigenvalue weighted by molar-refractivity contribution is 0.210. The Labute approximate surface area is 200 Å². The number of aromatic nitrogens is 3. The predicted octanol–water partition coefficient (Wildman–Crippen LogP) is 2.51. The van der Waals surface area contributed by atoms with E-state index in [1.807, 2.05) is 23.4 Å². The molecule has 9 nitrogen and oxygen atoms in total. The van der Waals surface area contributed by atoms with E-state index in [1.54, 1.807) is 6.20 Å². The van der Waals surface area contributed by atoms with Crippen LogP contribution in [-0.2, 0) is 19.9 Å². The van der Waals surface area contributed by atoms with E-state index in [9.17, 15) is 16.8 Å². The third-order valence-corrected chi connectivity index (χ3v) is 10.5. The first-order valence-electron chi connectivity index (χ1n) is 11.8. The van der Waals surface area contributed by atoms with Crippen molar-refractivity contribution in [1.29, 1.82) is 0 Å². The molecule has 4 heterocycles. The van der Waals surface area contributed by atoms with Crippen molar-refractivity contribution in [3.63, 3.8) is 0 Å². The Hall–Kier alpha value is -2.08. The highest BCUT2D eigenvalue weighted by Crippen LogP contribution is 2.40. The van der Waals surface area contributed by atoms with Crippen molar-refractivity contribution in [2.45, 2.75) is 49.7 Å². The van der Waals surface area contributed by atoms with Crippen molar-refractivity contribution in [2.75, 3.05) is 24.7 Å². The summed E-state index contributed by atoms with van der Waals surface area (Å²) in [5, 5.41) is 7.00. The van der Waals surface area contributed by atoms with E-state index in [0.717, 1.165) is 47.6 Å². The zero-order valence-electron chi connectivity index (χ0n) is 19.1. The maximum absolute atomic E-state index is 13.2. The van der Waals surface area contributed by atoms with Gasteiger partial charge in [-0.3, -0.25) is 9.88 Å². The first-order chi connectivity index (χ1) is 16.2. The maximum atomic E-state index is 13.2. The molecule has 1 saturated carbocycles. The monoisotopic (exact) mass is 505 g/mol. The molecule has 0 radical (unpaired) electrons. The fraction of sp³-hybridized carbons (Fsp3) is 0.565. The van der Waals surface area contributed by atoms with Crippen LogP contribution in [0.2, 0.25) is 0 Å². The Bertz CT molecular complexity index is 1400. The molecular weight excluding hydrogens is 474 g/mol. The molecule has 34 heavy (non-hydrogen) atoms. The lowest BCUT2D eigenvalue weighted by Crippen LogP contribution is -2.43. The number of piperidine rings is 1. The number of hydrogen-bond acceptors (Lipinski definition) is 7. The first-order valence-corrected chi connectivity index (χ1v) is 15.3. The third kappa shape index (κ3) is 4.98. The number of pyridine rings is 2. The van der Waals surface area contributed by atoms with Gasteiger partial charge in [0.25, 0.3) is 0 Å². The Morgan fingerprint density at radius 2 is 1.85 bits per heavy atom. The van der Waals surface area contributed by atoms with Crippen molar-refractivity contribution in [2.24, 2.45) is 11.1 Å². The summed E-state index contributed by atoms with van der Waals surface area (Å²) in [6.07, 6.45) is 9.92. The smallest absolute Gasteiger partial charge is 0.209 e. The van der Waals surface area contributed by atoms with Crippen molar-refractivity contribution in [3.8, 4) is 0 Å². The van der Waals surface area contributed by atoms with E-state index in [2.05, 4.69) is 21.0 Å². The maximum Gasteiger partial charge on any atom is 0.209 e. The molecule has 1 aliphatic heterocycles. The highest BCUT2D eigenvalue weighted by molar-refractivity contribution is 7.92. The summed E-state index contributed by atoms with van der Waals surface area (Å²) in [7, 11) is -6.86. The van der Waals surface area contributed by atoms with Gasteiger partial charge in [0, 0.05) is 29.7 Å². The largest absolute Gasteiger partial charge is 0.346 e. The summed E-state index contributed by atoms with van der Waals surface area (Å²) in [4.78, 5) is 14.0. The highest BCUT2D eigenvalue weighted by atomic mass is 32.2. The van der Waals surface area contributed by atoms with Gasteiger partial charge >= 0.3 is 0 Å². The number of primary sulfonamides is 1. The van der Waals surface area contributed by atoms with Gasteiger partial charge in [0.2, 0.25) is 10.0 Å². The average molecular weight is 506 g/mol. The number of likely N-dealkylation sites (tertiary alicyclic amines) is 1. The molecule has 2 fully saturated rings. The van der Waals surface area contributed by atoms with Crippen molar-refractivity contribution < 1.29 is 16.8 Å². The lowest BCUT2D eigenvalue weighted by atomic mass is 9.82. The molecule has 11 heteroatoms. The van der Waals surface area contributed by atoms with Crippen molar-refractivity contribution >= 4 is 41.8 Å². The fourth-order valence-corrected chi connectivity index (χ4v) is 8.72. The predicted molar refractivity (Wildman–Crippen MR) is 132 cm³/mol. The molecule has 2 aliphatic rings. The number of nitrogens with two attached hydrogens (primary N) is 1. The van der Waals surface area contributed by atoms with Gasteiger partial charge in [0.05, 0.1) is 22.7 Å². The number of nitrogens with zero attached hydrogens (tertiary/aromatic N) is 3. The Balaban J connectivity index is 1.27. The number of sulfone groups is 1. The van der Waals surface area contributed by atoms with E-state index in [0.29, 0.717) is 25.9 Å². The second kappa shape index (κ2) is 9.18. The van der Waals surface area contributed by atoms with Gasteiger partial charge < -0.3 is 4.98 Å². The molecule has 1 atom stereocenters. The third-order valence-electron chi connectivity index (χ3n) is 7.38. The molecule has 3 aromatic rings. The van der Waals surface area contributed by atoms with E-state index < -0.39 is 19.9 Å². The summed E-state index contributed by atoms with van der Waals surface area (Å²) in [5.41, 5.74) is 2.91. The number of fused-ring (bicyclic) bond motifs is 3. The summed E-state index contributed by atoms with van der Waals surface area (Å²) >= 11 is 0. The lowest BCUT2D eigenvalue weighted by Gasteiger charge is -2.34. The van der Waals surface area contributed by atoms with Gasteiger partial charge in [-0.2, -0.15) is 0 Å². The summed E-state index contributed by atoms with van der Waals surface area (Å²) in [5.74, 6) is 0.0939. The second-order valence-corrected chi connectivity index (χ2v) is 13.7. The van der Waals surface area contributed by atoms with Crippen molar-refractivity contribution in [1.82, 2.24) is 19.9 Å². The van der Waals surface area contributed by atoms with Crippen LogP contribution in [0.3, 0.4) is 0 Å². The molecule has 1 saturated heterocycles. The zero-order chi connectivity index (χ0) is 23.9. The van der Waals surface area contributed by atoms with Crippen LogP contribution in [0.5, 0.6) is 0 Å². The summed E-state index contributed by atoms with van der Waals surface area (Å²) in [6.45, 7) is 1.15. The molecule has 0 aromatic carbocycles. The SMILES string of the molecule is NS(=O)(=O)CC1CCCN(CS(=O)(=O)C2CCC(c3ccnc4cnc5[nH]ccc5c34)CC2)C1. The topological polar surface area (TPSA) is 139 Å². The molecule has 3 N–H and O–H groups in total. The highest BCUT2D eigenvalue weighted by Gasteiger charge is 2.34. The number of aromatic amines is 1. The van der Waals surface area contributed by atoms with Crippen LogP contribution in [0.15, 0.2) is 30.7 Å². The Morgan fingerprint density at radius 1 is 1.06 bits per heavy atom. The van der Waals surface area contributed by atoms with Crippen LogP contribution in [0.1, 0.15) is 50.0 Å². The molecule has 1 unspecified atom stereocenters. The number of rotatable bonds is 6. The van der Waals surface area contributed by atoms with Gasteiger partial charge in [-0.1, -0.05) is 0 Å². The van der Waals surface area contributed by atoms with E-state index in [4.69, 9.17) is 5.14 Å². The van der Waals surface area contributed by atoms with E-state index >= 15 is 0 Å². The molecule has 0 amide bonds. The van der Waals surface area contributed by atoms with Crippen LogP contribution in [-0.4, -0.2) is 66.7 Å². The van der Waals surface area contributed by atoms with E-state index in [-0.39, 0.29) is 28.7 Å². The minimum absolute atomic E-state index is 0.00270. The van der Waals surface area contributed by atoms with Crippen LogP contribution in [0.25, 0.3) is 21.9 Å². The minimum Gasteiger partial charge on any atom is -0.346 e.